The Labute approximate surface area is 186 Å². The lowest BCUT2D eigenvalue weighted by Crippen LogP contribution is -2.05. The zero-order valence-electron chi connectivity index (χ0n) is 18.4. The molecule has 164 valence electrons. The van der Waals surface area contributed by atoms with Crippen LogP contribution in [0.15, 0.2) is 55.0 Å². The van der Waals surface area contributed by atoms with Crippen LogP contribution in [0.4, 0.5) is 5.95 Å². The van der Waals surface area contributed by atoms with E-state index in [1.165, 1.54) is 0 Å². The minimum atomic E-state index is 0.403. The number of rotatable bonds is 8. The fourth-order valence-corrected chi connectivity index (χ4v) is 3.33. The third kappa shape index (κ3) is 4.31. The Bertz CT molecular complexity index is 1200. The first-order valence-electron chi connectivity index (χ1n) is 9.96. The molecule has 0 unspecified atom stereocenters. The van der Waals surface area contributed by atoms with E-state index in [2.05, 4.69) is 38.6 Å². The van der Waals surface area contributed by atoms with E-state index in [1.807, 2.05) is 47.4 Å². The second kappa shape index (κ2) is 9.34. The summed E-state index contributed by atoms with van der Waals surface area (Å²) >= 11 is 0. The van der Waals surface area contributed by atoms with Crippen LogP contribution >= 0.6 is 0 Å². The standard InChI is InChI=1S/C23H24N6O3/c1-15-7-5-6-8-19(15)29-14-16(12-26-29)11-24-23-27-18(13-25-28-23)17-9-20(30-2)22(32-4)21(10-17)31-3/h5-10,12-14H,11H2,1-4H3,(H,24,27,28). The summed E-state index contributed by atoms with van der Waals surface area (Å²) in [5.41, 5.74) is 4.58. The smallest absolute Gasteiger partial charge is 0.243 e. The molecule has 9 nitrogen and oxygen atoms in total. The number of nitrogens with zero attached hydrogens (tertiary/aromatic N) is 5. The van der Waals surface area contributed by atoms with Gasteiger partial charge in [0.1, 0.15) is 0 Å². The summed E-state index contributed by atoms with van der Waals surface area (Å²) in [7, 11) is 4.71. The Hall–Kier alpha value is -4.14. The summed E-state index contributed by atoms with van der Waals surface area (Å²) < 4.78 is 18.1. The quantitative estimate of drug-likeness (QED) is 0.451. The monoisotopic (exact) mass is 432 g/mol. The Balaban J connectivity index is 1.53. The molecule has 4 aromatic rings. The van der Waals surface area contributed by atoms with Gasteiger partial charge in [0.15, 0.2) is 11.5 Å². The van der Waals surface area contributed by atoms with Crippen molar-refractivity contribution in [1.29, 1.82) is 0 Å². The first-order chi connectivity index (χ1) is 15.6. The van der Waals surface area contributed by atoms with E-state index in [-0.39, 0.29) is 0 Å². The van der Waals surface area contributed by atoms with E-state index in [0.29, 0.717) is 35.4 Å². The van der Waals surface area contributed by atoms with E-state index in [1.54, 1.807) is 27.5 Å². The van der Waals surface area contributed by atoms with Crippen molar-refractivity contribution in [2.75, 3.05) is 26.6 Å². The molecule has 2 heterocycles. The molecule has 0 aliphatic carbocycles. The van der Waals surface area contributed by atoms with Gasteiger partial charge in [-0.25, -0.2) is 9.67 Å². The number of hydrogen-bond acceptors (Lipinski definition) is 8. The van der Waals surface area contributed by atoms with Crippen LogP contribution < -0.4 is 19.5 Å². The molecule has 0 fully saturated rings. The number of ether oxygens (including phenoxy) is 3. The summed E-state index contributed by atoms with van der Waals surface area (Å²) in [4.78, 5) is 4.58. The number of hydrogen-bond donors (Lipinski definition) is 1. The molecule has 0 aliphatic heterocycles. The second-order valence-corrected chi connectivity index (χ2v) is 7.01. The lowest BCUT2D eigenvalue weighted by molar-refractivity contribution is 0.324. The molecule has 1 N–H and O–H groups in total. The summed E-state index contributed by atoms with van der Waals surface area (Å²) in [6.07, 6.45) is 5.38. The summed E-state index contributed by atoms with van der Waals surface area (Å²) in [5.74, 6) is 2.00. The molecule has 2 aromatic heterocycles. The Kier molecular flexibility index (Phi) is 6.16. The maximum atomic E-state index is 5.43. The number of benzene rings is 2. The highest BCUT2D eigenvalue weighted by Gasteiger charge is 2.15. The predicted octanol–water partition coefficient (Wildman–Crippen LogP) is 3.67. The number of para-hydroxylation sites is 1. The van der Waals surface area contributed by atoms with Crippen LogP contribution in [-0.4, -0.2) is 46.3 Å². The van der Waals surface area contributed by atoms with Crippen LogP contribution in [0.3, 0.4) is 0 Å². The van der Waals surface area contributed by atoms with Gasteiger partial charge in [0.25, 0.3) is 0 Å². The largest absolute Gasteiger partial charge is 0.493 e. The fourth-order valence-electron chi connectivity index (χ4n) is 3.33. The maximum Gasteiger partial charge on any atom is 0.243 e. The molecule has 9 heteroatoms. The molecule has 2 aromatic carbocycles. The molecule has 0 amide bonds. The first kappa shape index (κ1) is 21.1. The molecule has 32 heavy (non-hydrogen) atoms. The van der Waals surface area contributed by atoms with Gasteiger partial charge in [-0.2, -0.15) is 10.2 Å². The first-order valence-corrected chi connectivity index (χ1v) is 9.96. The van der Waals surface area contributed by atoms with E-state index in [4.69, 9.17) is 14.2 Å². The molecule has 4 rings (SSSR count). The van der Waals surface area contributed by atoms with Gasteiger partial charge in [0.2, 0.25) is 11.7 Å². The van der Waals surface area contributed by atoms with Gasteiger partial charge >= 0.3 is 0 Å². The van der Waals surface area contributed by atoms with Crippen molar-refractivity contribution in [3.8, 4) is 34.2 Å². The van der Waals surface area contributed by atoms with Crippen molar-refractivity contribution in [2.45, 2.75) is 13.5 Å². The van der Waals surface area contributed by atoms with Crippen LogP contribution in [0, 0.1) is 6.92 Å². The van der Waals surface area contributed by atoms with E-state index in [9.17, 15) is 0 Å². The van der Waals surface area contributed by atoms with Crippen LogP contribution in [0.25, 0.3) is 16.9 Å². The van der Waals surface area contributed by atoms with Gasteiger partial charge in [0, 0.05) is 23.9 Å². The van der Waals surface area contributed by atoms with Crippen LogP contribution in [0.1, 0.15) is 11.1 Å². The number of methoxy groups -OCH3 is 3. The normalized spacial score (nSPS) is 10.6. The average molecular weight is 432 g/mol. The van der Waals surface area contributed by atoms with Crippen molar-refractivity contribution in [3.63, 3.8) is 0 Å². The predicted molar refractivity (Wildman–Crippen MR) is 121 cm³/mol. The topological polar surface area (TPSA) is 96.2 Å². The van der Waals surface area contributed by atoms with Crippen molar-refractivity contribution in [2.24, 2.45) is 0 Å². The van der Waals surface area contributed by atoms with Crippen molar-refractivity contribution >= 4 is 5.95 Å². The minimum Gasteiger partial charge on any atom is -0.493 e. The van der Waals surface area contributed by atoms with Gasteiger partial charge in [-0.3, -0.25) is 0 Å². The lowest BCUT2D eigenvalue weighted by Gasteiger charge is -2.14. The van der Waals surface area contributed by atoms with Gasteiger partial charge in [0.05, 0.1) is 45.1 Å². The Morgan fingerprint density at radius 3 is 2.41 bits per heavy atom. The molecular formula is C23H24N6O3. The highest BCUT2D eigenvalue weighted by Crippen LogP contribution is 2.40. The third-order valence-electron chi connectivity index (χ3n) is 4.97. The fraction of sp³-hybridized carbons (Fsp3) is 0.217. The maximum absolute atomic E-state index is 5.43. The molecular weight excluding hydrogens is 408 g/mol. The minimum absolute atomic E-state index is 0.403. The lowest BCUT2D eigenvalue weighted by atomic mass is 10.1. The van der Waals surface area contributed by atoms with Gasteiger partial charge < -0.3 is 19.5 Å². The Morgan fingerprint density at radius 2 is 1.72 bits per heavy atom. The number of anilines is 1. The highest BCUT2D eigenvalue weighted by molar-refractivity contribution is 5.68. The van der Waals surface area contributed by atoms with Crippen LogP contribution in [0.5, 0.6) is 17.2 Å². The zero-order chi connectivity index (χ0) is 22.5. The van der Waals surface area contributed by atoms with Gasteiger partial charge in [-0.15, -0.1) is 5.10 Å². The number of aryl methyl sites for hydroxylation is 1. The average Bonchev–Trinajstić information content (AvgIpc) is 3.31. The number of aromatic nitrogens is 5. The highest BCUT2D eigenvalue weighted by atomic mass is 16.5. The molecule has 0 radical (unpaired) electrons. The molecule has 0 spiro atoms. The van der Waals surface area contributed by atoms with Crippen molar-refractivity contribution < 1.29 is 14.2 Å². The SMILES string of the molecule is COc1cc(-c2cnnc(NCc3cnn(-c4ccccc4C)c3)n2)cc(OC)c1OC. The molecule has 0 saturated carbocycles. The summed E-state index contributed by atoms with van der Waals surface area (Å²) in [6.45, 7) is 2.56. The molecule has 0 saturated heterocycles. The van der Waals surface area contributed by atoms with Crippen LogP contribution in [-0.2, 0) is 6.54 Å². The third-order valence-corrected chi connectivity index (χ3v) is 4.97. The summed E-state index contributed by atoms with van der Waals surface area (Å²) in [6, 6.07) is 11.7. The Morgan fingerprint density at radius 1 is 0.969 bits per heavy atom. The van der Waals surface area contributed by atoms with Crippen molar-refractivity contribution in [1.82, 2.24) is 25.0 Å². The van der Waals surface area contributed by atoms with Gasteiger partial charge in [-0.05, 0) is 30.7 Å². The van der Waals surface area contributed by atoms with Crippen molar-refractivity contribution in [3.05, 3.63) is 66.1 Å². The van der Waals surface area contributed by atoms with E-state index < -0.39 is 0 Å². The summed E-state index contributed by atoms with van der Waals surface area (Å²) in [5, 5.41) is 15.8. The molecule has 0 bridgehead atoms. The number of nitrogens with one attached hydrogen (secondary N) is 1. The molecule has 0 aliphatic rings. The molecule has 0 atom stereocenters. The zero-order valence-corrected chi connectivity index (χ0v) is 18.4. The van der Waals surface area contributed by atoms with E-state index in [0.717, 1.165) is 22.4 Å². The second-order valence-electron chi connectivity index (χ2n) is 7.01. The van der Waals surface area contributed by atoms with E-state index >= 15 is 0 Å². The van der Waals surface area contributed by atoms with Crippen LogP contribution in [0.2, 0.25) is 0 Å². The van der Waals surface area contributed by atoms with Gasteiger partial charge in [-0.1, -0.05) is 18.2 Å².